The highest BCUT2D eigenvalue weighted by molar-refractivity contribution is 7.92. The zero-order valence-electron chi connectivity index (χ0n) is 15.4. The number of aliphatic carboxylic acids is 1. The Labute approximate surface area is 164 Å². The predicted octanol–water partition coefficient (Wildman–Crippen LogP) is 1.99. The maximum atomic E-state index is 13.0. The van der Waals surface area contributed by atoms with Crippen LogP contribution in [0.25, 0.3) is 0 Å². The predicted molar refractivity (Wildman–Crippen MR) is 103 cm³/mol. The van der Waals surface area contributed by atoms with Crippen molar-refractivity contribution in [2.24, 2.45) is 0 Å². The van der Waals surface area contributed by atoms with Gasteiger partial charge in [-0.2, -0.15) is 4.31 Å². The lowest BCUT2D eigenvalue weighted by atomic mass is 10.2. The summed E-state index contributed by atoms with van der Waals surface area (Å²) in [6, 6.07) is 10.8. The van der Waals surface area contributed by atoms with Gasteiger partial charge in [-0.3, -0.25) is 4.79 Å². The Morgan fingerprint density at radius 2 is 1.36 bits per heavy atom. The second-order valence-corrected chi connectivity index (χ2v) is 11.1. The number of hydrogen-bond donors (Lipinski definition) is 1. The van der Waals surface area contributed by atoms with E-state index >= 15 is 0 Å². The summed E-state index contributed by atoms with van der Waals surface area (Å²) in [6.07, 6.45) is -0.295. The molecule has 0 radical (unpaired) electrons. The van der Waals surface area contributed by atoms with Gasteiger partial charge in [0.05, 0.1) is 15.0 Å². The highest BCUT2D eigenvalue weighted by atomic mass is 32.2. The first-order valence-electron chi connectivity index (χ1n) is 8.65. The quantitative estimate of drug-likeness (QED) is 0.788. The second kappa shape index (κ2) is 7.31. The Bertz CT molecular complexity index is 1090. The Balaban J connectivity index is 1.98. The topological polar surface area (TPSA) is 109 Å². The number of nitrogens with zero attached hydrogens (tertiary/aromatic N) is 1. The van der Waals surface area contributed by atoms with Crippen LogP contribution in [0.5, 0.6) is 0 Å². The van der Waals surface area contributed by atoms with Gasteiger partial charge in [-0.1, -0.05) is 35.4 Å². The molecular formula is C19H21NO6S2. The molecule has 1 aliphatic rings. The van der Waals surface area contributed by atoms with Crippen LogP contribution in [0.3, 0.4) is 0 Å². The summed E-state index contributed by atoms with van der Waals surface area (Å²) < 4.78 is 52.7. The fourth-order valence-electron chi connectivity index (χ4n) is 3.25. The van der Waals surface area contributed by atoms with Gasteiger partial charge in [0.25, 0.3) is 0 Å². The summed E-state index contributed by atoms with van der Waals surface area (Å²) in [5.41, 5.74) is 1.74. The van der Waals surface area contributed by atoms with Crippen molar-refractivity contribution in [2.45, 2.75) is 41.4 Å². The first-order chi connectivity index (χ1) is 13.0. The van der Waals surface area contributed by atoms with Crippen LogP contribution in [0.15, 0.2) is 58.3 Å². The van der Waals surface area contributed by atoms with Crippen molar-refractivity contribution < 1.29 is 26.7 Å². The lowest BCUT2D eigenvalue weighted by Crippen LogP contribution is -2.40. The summed E-state index contributed by atoms with van der Waals surface area (Å²) in [5, 5.41) is 8.40. The molecule has 1 N–H and O–H groups in total. The highest BCUT2D eigenvalue weighted by Crippen LogP contribution is 2.32. The first kappa shape index (κ1) is 20.5. The van der Waals surface area contributed by atoms with Crippen LogP contribution >= 0.6 is 0 Å². The molecule has 0 aromatic heterocycles. The largest absolute Gasteiger partial charge is 0.480 e. The van der Waals surface area contributed by atoms with Gasteiger partial charge in [-0.05, 0) is 44.5 Å². The number of carbonyl (C=O) groups is 1. The maximum Gasteiger partial charge on any atom is 0.322 e. The average Bonchev–Trinajstić information content (AvgIpc) is 3.10. The Kier molecular flexibility index (Phi) is 5.35. The van der Waals surface area contributed by atoms with Crippen LogP contribution in [0.1, 0.15) is 17.5 Å². The molecule has 1 unspecified atom stereocenters. The number of sulfonamides is 1. The third kappa shape index (κ3) is 3.69. The van der Waals surface area contributed by atoms with E-state index in [2.05, 4.69) is 0 Å². The van der Waals surface area contributed by atoms with Crippen molar-refractivity contribution in [2.75, 3.05) is 6.54 Å². The third-order valence-corrected chi connectivity index (χ3v) is 8.96. The molecule has 0 spiro atoms. The van der Waals surface area contributed by atoms with Crippen LogP contribution in [0, 0.1) is 13.8 Å². The normalized spacial score (nSPS) is 20.9. The number of hydrogen-bond acceptors (Lipinski definition) is 5. The van der Waals surface area contributed by atoms with E-state index in [0.29, 0.717) is 0 Å². The molecule has 1 heterocycles. The van der Waals surface area contributed by atoms with E-state index in [0.717, 1.165) is 15.4 Å². The number of benzene rings is 2. The van der Waals surface area contributed by atoms with Crippen molar-refractivity contribution in [3.63, 3.8) is 0 Å². The molecule has 3 rings (SSSR count). The molecule has 0 amide bonds. The van der Waals surface area contributed by atoms with E-state index < -0.39 is 43.7 Å². The molecule has 2 atom stereocenters. The van der Waals surface area contributed by atoms with Gasteiger partial charge < -0.3 is 5.11 Å². The zero-order valence-corrected chi connectivity index (χ0v) is 17.1. The number of carboxylic acid groups (broad SMARTS) is 1. The number of aryl methyl sites for hydroxylation is 2. The van der Waals surface area contributed by atoms with Gasteiger partial charge in [-0.15, -0.1) is 0 Å². The number of sulfone groups is 1. The van der Waals surface area contributed by atoms with Crippen molar-refractivity contribution in [1.82, 2.24) is 4.31 Å². The molecule has 1 aliphatic heterocycles. The fourth-order valence-corrected chi connectivity index (χ4v) is 6.68. The monoisotopic (exact) mass is 423 g/mol. The van der Waals surface area contributed by atoms with Crippen LogP contribution in [-0.2, 0) is 24.7 Å². The van der Waals surface area contributed by atoms with Gasteiger partial charge in [-0.25, -0.2) is 16.8 Å². The standard InChI is InChI=1S/C19H21NO6S2/c1-13-3-7-15(8-4-13)27(23,24)17-11-18(19(21)22)20(12-17)28(25,26)16-9-5-14(2)6-10-16/h3-10,17-18H,11-12H2,1-2H3,(H,21,22)/t17?,18-/m0/s1. The van der Waals surface area contributed by atoms with Crippen LogP contribution < -0.4 is 0 Å². The van der Waals surface area contributed by atoms with E-state index in [1.165, 1.54) is 24.3 Å². The van der Waals surface area contributed by atoms with E-state index in [9.17, 15) is 26.7 Å². The summed E-state index contributed by atoms with van der Waals surface area (Å²) in [4.78, 5) is 11.7. The summed E-state index contributed by atoms with van der Waals surface area (Å²) in [6.45, 7) is 3.22. The number of carboxylic acids is 1. The summed E-state index contributed by atoms with van der Waals surface area (Å²) in [5.74, 6) is -1.36. The first-order valence-corrected chi connectivity index (χ1v) is 11.6. The molecule has 1 saturated heterocycles. The molecule has 2 aromatic rings. The van der Waals surface area contributed by atoms with Crippen molar-refractivity contribution in [1.29, 1.82) is 0 Å². The van der Waals surface area contributed by atoms with Gasteiger partial charge in [0.1, 0.15) is 6.04 Å². The third-order valence-electron chi connectivity index (χ3n) is 4.92. The lowest BCUT2D eigenvalue weighted by molar-refractivity contribution is -0.140. The minimum absolute atomic E-state index is 0.0572. The lowest BCUT2D eigenvalue weighted by Gasteiger charge is -2.21. The van der Waals surface area contributed by atoms with Crippen molar-refractivity contribution in [3.05, 3.63) is 59.7 Å². The molecular weight excluding hydrogens is 402 g/mol. The van der Waals surface area contributed by atoms with Crippen molar-refractivity contribution >= 4 is 25.8 Å². The molecule has 9 heteroatoms. The minimum Gasteiger partial charge on any atom is -0.480 e. The van der Waals surface area contributed by atoms with E-state index in [-0.39, 0.29) is 16.2 Å². The Hall–Kier alpha value is -2.23. The van der Waals surface area contributed by atoms with Gasteiger partial charge in [0, 0.05) is 6.54 Å². The molecule has 28 heavy (non-hydrogen) atoms. The van der Waals surface area contributed by atoms with E-state index in [1.54, 1.807) is 31.2 Å². The average molecular weight is 424 g/mol. The highest BCUT2D eigenvalue weighted by Gasteiger charge is 2.48. The van der Waals surface area contributed by atoms with E-state index in [4.69, 9.17) is 0 Å². The molecule has 1 fully saturated rings. The Morgan fingerprint density at radius 1 is 0.893 bits per heavy atom. The molecule has 2 aromatic carbocycles. The minimum atomic E-state index is -4.14. The van der Waals surface area contributed by atoms with Gasteiger partial charge >= 0.3 is 5.97 Å². The van der Waals surface area contributed by atoms with Crippen LogP contribution in [0.4, 0.5) is 0 Å². The molecule has 0 aliphatic carbocycles. The SMILES string of the molecule is Cc1ccc(S(=O)(=O)C2C[C@@H](C(=O)O)N(S(=O)(=O)c3ccc(C)cc3)C2)cc1. The number of rotatable bonds is 5. The van der Waals surface area contributed by atoms with Gasteiger partial charge in [0.2, 0.25) is 10.0 Å². The summed E-state index contributed by atoms with van der Waals surface area (Å²) in [7, 11) is -8.02. The van der Waals surface area contributed by atoms with Crippen LogP contribution in [0.2, 0.25) is 0 Å². The summed E-state index contributed by atoms with van der Waals surface area (Å²) >= 11 is 0. The van der Waals surface area contributed by atoms with Gasteiger partial charge in [0.15, 0.2) is 9.84 Å². The molecule has 7 nitrogen and oxygen atoms in total. The zero-order chi connectivity index (χ0) is 20.7. The van der Waals surface area contributed by atoms with Crippen molar-refractivity contribution in [3.8, 4) is 0 Å². The molecule has 0 bridgehead atoms. The molecule has 0 saturated carbocycles. The fraction of sp³-hybridized carbons (Fsp3) is 0.316. The maximum absolute atomic E-state index is 13.0. The Morgan fingerprint density at radius 3 is 1.82 bits per heavy atom. The van der Waals surface area contributed by atoms with Crippen LogP contribution in [-0.4, -0.2) is 50.1 Å². The second-order valence-electron chi connectivity index (χ2n) is 6.96. The van der Waals surface area contributed by atoms with E-state index in [1.807, 2.05) is 6.92 Å². The molecule has 150 valence electrons. The smallest absolute Gasteiger partial charge is 0.322 e.